The van der Waals surface area contributed by atoms with Crippen molar-refractivity contribution in [2.75, 3.05) is 7.11 Å². The van der Waals surface area contributed by atoms with Crippen LogP contribution in [0.15, 0.2) is 18.2 Å². The lowest BCUT2D eigenvalue weighted by atomic mass is 10.2. The maximum Gasteiger partial charge on any atom is 0.140 e. The van der Waals surface area contributed by atoms with Gasteiger partial charge in [-0.2, -0.15) is 0 Å². The topological polar surface area (TPSA) is 9.23 Å². The third-order valence-electron chi connectivity index (χ3n) is 2.04. The summed E-state index contributed by atoms with van der Waals surface area (Å²) in [5.74, 6) is 0.927. The summed E-state index contributed by atoms with van der Waals surface area (Å²) in [6.07, 6.45) is 0. The minimum Gasteiger partial charge on any atom is -0.495 e. The van der Waals surface area contributed by atoms with Crippen molar-refractivity contribution in [3.05, 3.63) is 28.1 Å². The van der Waals surface area contributed by atoms with E-state index in [1.165, 1.54) is 0 Å². The van der Waals surface area contributed by atoms with E-state index in [4.69, 9.17) is 16.3 Å². The average molecular weight is 292 g/mol. The van der Waals surface area contributed by atoms with Crippen LogP contribution in [-0.2, 0) is 5.33 Å². The molecule has 0 aliphatic carbocycles. The highest BCUT2D eigenvalue weighted by molar-refractivity contribution is 9.08. The molecule has 0 atom stereocenters. The molecule has 1 aromatic heterocycles. The molecule has 0 radical (unpaired) electrons. The van der Waals surface area contributed by atoms with Crippen molar-refractivity contribution in [2.24, 2.45) is 0 Å². The molecule has 0 unspecified atom stereocenters. The number of fused-ring (bicyclic) bond motifs is 1. The first-order valence-electron chi connectivity index (χ1n) is 4.07. The number of hydrogen-bond acceptors (Lipinski definition) is 2. The molecule has 0 aliphatic rings. The maximum atomic E-state index is 5.96. The SMILES string of the molecule is COc1c(CBr)ccc2cc(Cl)sc12. The summed E-state index contributed by atoms with van der Waals surface area (Å²) in [4.78, 5) is 0. The Morgan fingerprint density at radius 2 is 2.29 bits per heavy atom. The number of thiophene rings is 1. The molecule has 4 heteroatoms. The van der Waals surface area contributed by atoms with E-state index in [2.05, 4.69) is 28.1 Å². The van der Waals surface area contributed by atoms with Crippen molar-refractivity contribution < 1.29 is 4.74 Å². The van der Waals surface area contributed by atoms with Gasteiger partial charge in [0.15, 0.2) is 0 Å². The summed E-state index contributed by atoms with van der Waals surface area (Å²) < 4.78 is 7.30. The summed E-state index contributed by atoms with van der Waals surface area (Å²) in [7, 11) is 1.69. The van der Waals surface area contributed by atoms with Crippen LogP contribution in [0.4, 0.5) is 0 Å². The third kappa shape index (κ3) is 1.64. The van der Waals surface area contributed by atoms with Crippen LogP contribution in [-0.4, -0.2) is 7.11 Å². The van der Waals surface area contributed by atoms with Crippen LogP contribution in [0.25, 0.3) is 10.1 Å². The van der Waals surface area contributed by atoms with Crippen LogP contribution in [0.3, 0.4) is 0 Å². The van der Waals surface area contributed by atoms with Gasteiger partial charge in [-0.1, -0.05) is 39.7 Å². The quantitative estimate of drug-likeness (QED) is 0.742. The molecule has 1 nitrogen and oxygen atoms in total. The van der Waals surface area contributed by atoms with Crippen LogP contribution < -0.4 is 4.74 Å². The highest BCUT2D eigenvalue weighted by atomic mass is 79.9. The molecule has 0 saturated heterocycles. The van der Waals surface area contributed by atoms with Gasteiger partial charge in [0.25, 0.3) is 0 Å². The Hall–Kier alpha value is -0.250. The molecule has 0 spiro atoms. The zero-order valence-corrected chi connectivity index (χ0v) is 10.7. The van der Waals surface area contributed by atoms with Crippen molar-refractivity contribution in [3.8, 4) is 5.75 Å². The van der Waals surface area contributed by atoms with Gasteiger partial charge in [-0.25, -0.2) is 0 Å². The van der Waals surface area contributed by atoms with Crippen molar-refractivity contribution in [1.29, 1.82) is 0 Å². The van der Waals surface area contributed by atoms with E-state index < -0.39 is 0 Å². The molecule has 1 heterocycles. The number of hydrogen-bond donors (Lipinski definition) is 0. The van der Waals surface area contributed by atoms with Gasteiger partial charge >= 0.3 is 0 Å². The van der Waals surface area contributed by atoms with Gasteiger partial charge in [0.2, 0.25) is 0 Å². The third-order valence-corrected chi connectivity index (χ3v) is 3.92. The van der Waals surface area contributed by atoms with Gasteiger partial charge in [-0.15, -0.1) is 11.3 Å². The molecule has 74 valence electrons. The minimum atomic E-state index is 0.793. The first-order valence-corrected chi connectivity index (χ1v) is 6.38. The lowest BCUT2D eigenvalue weighted by Crippen LogP contribution is -1.88. The van der Waals surface area contributed by atoms with Crippen LogP contribution in [0.2, 0.25) is 4.34 Å². The molecule has 14 heavy (non-hydrogen) atoms. The van der Waals surface area contributed by atoms with E-state index in [0.717, 1.165) is 31.1 Å². The molecular formula is C10H8BrClOS. The highest BCUT2D eigenvalue weighted by Gasteiger charge is 2.09. The zero-order chi connectivity index (χ0) is 10.1. The summed E-state index contributed by atoms with van der Waals surface area (Å²) in [5, 5.41) is 1.93. The van der Waals surface area contributed by atoms with Gasteiger partial charge in [-0.3, -0.25) is 0 Å². The number of alkyl halides is 1. The fraction of sp³-hybridized carbons (Fsp3) is 0.200. The van der Waals surface area contributed by atoms with E-state index in [-0.39, 0.29) is 0 Å². The van der Waals surface area contributed by atoms with Gasteiger partial charge in [0.1, 0.15) is 5.75 Å². The summed E-state index contributed by atoms with van der Waals surface area (Å²) >= 11 is 10.9. The predicted molar refractivity (Wildman–Crippen MR) is 66.0 cm³/mol. The molecule has 0 fully saturated rings. The normalized spacial score (nSPS) is 10.8. The molecule has 0 bridgehead atoms. The highest BCUT2D eigenvalue weighted by Crippen LogP contribution is 2.38. The van der Waals surface area contributed by atoms with Crippen LogP contribution in [0.5, 0.6) is 5.75 Å². The molecule has 1 aromatic carbocycles. The number of ether oxygens (including phenoxy) is 1. The first-order chi connectivity index (χ1) is 6.76. The Morgan fingerprint density at radius 3 is 2.93 bits per heavy atom. The van der Waals surface area contributed by atoms with Crippen molar-refractivity contribution >= 4 is 49.0 Å². The molecule has 0 aliphatic heterocycles. The van der Waals surface area contributed by atoms with Gasteiger partial charge < -0.3 is 4.74 Å². The van der Waals surface area contributed by atoms with Gasteiger partial charge in [0, 0.05) is 10.9 Å². The standard InChI is InChI=1S/C10H8BrClOS/c1-13-9-7(5-11)3-2-6-4-8(12)14-10(6)9/h2-4H,5H2,1H3. The predicted octanol–water partition coefficient (Wildman–Crippen LogP) is 4.46. The van der Waals surface area contributed by atoms with Crippen LogP contribution in [0.1, 0.15) is 5.56 Å². The van der Waals surface area contributed by atoms with E-state index in [9.17, 15) is 0 Å². The molecular weight excluding hydrogens is 284 g/mol. The second-order valence-electron chi connectivity index (χ2n) is 2.86. The second-order valence-corrected chi connectivity index (χ2v) is 5.10. The Bertz CT molecular complexity index is 466. The summed E-state index contributed by atoms with van der Waals surface area (Å²) in [6.45, 7) is 0. The van der Waals surface area contributed by atoms with E-state index in [0.29, 0.717) is 0 Å². The maximum absolute atomic E-state index is 5.96. The van der Waals surface area contributed by atoms with E-state index in [1.54, 1.807) is 18.4 Å². The fourth-order valence-corrected chi connectivity index (χ4v) is 3.14. The first kappa shape index (κ1) is 10.3. The molecule has 0 saturated carbocycles. The molecule has 2 aromatic rings. The Balaban J connectivity index is 2.75. The Labute approximate surface area is 99.8 Å². The fourth-order valence-electron chi connectivity index (χ4n) is 1.42. The molecule has 2 rings (SSSR count). The summed E-state index contributed by atoms with van der Waals surface area (Å²) in [5.41, 5.74) is 1.15. The van der Waals surface area contributed by atoms with Crippen LogP contribution >= 0.6 is 38.9 Å². The Morgan fingerprint density at radius 1 is 1.50 bits per heavy atom. The van der Waals surface area contributed by atoms with E-state index >= 15 is 0 Å². The monoisotopic (exact) mass is 290 g/mol. The second kappa shape index (κ2) is 4.09. The lowest BCUT2D eigenvalue weighted by molar-refractivity contribution is 0.417. The zero-order valence-electron chi connectivity index (χ0n) is 7.51. The number of methoxy groups -OCH3 is 1. The lowest BCUT2D eigenvalue weighted by Gasteiger charge is -2.06. The van der Waals surface area contributed by atoms with Gasteiger partial charge in [-0.05, 0) is 11.5 Å². The average Bonchev–Trinajstić information content (AvgIpc) is 2.56. The molecule has 0 amide bonds. The minimum absolute atomic E-state index is 0.793. The smallest absolute Gasteiger partial charge is 0.140 e. The van der Waals surface area contributed by atoms with Crippen molar-refractivity contribution in [2.45, 2.75) is 5.33 Å². The van der Waals surface area contributed by atoms with Crippen molar-refractivity contribution in [3.63, 3.8) is 0 Å². The Kier molecular flexibility index (Phi) is 3.00. The summed E-state index contributed by atoms with van der Waals surface area (Å²) in [6, 6.07) is 6.08. The largest absolute Gasteiger partial charge is 0.495 e. The number of rotatable bonds is 2. The van der Waals surface area contributed by atoms with Gasteiger partial charge in [0.05, 0.1) is 16.1 Å². The molecule has 0 N–H and O–H groups in total. The van der Waals surface area contributed by atoms with Crippen molar-refractivity contribution in [1.82, 2.24) is 0 Å². The number of halogens is 2. The number of benzene rings is 1. The van der Waals surface area contributed by atoms with Crippen LogP contribution in [0, 0.1) is 0 Å². The van der Waals surface area contributed by atoms with E-state index in [1.807, 2.05) is 6.07 Å².